The second kappa shape index (κ2) is 7.98. The van der Waals surface area contributed by atoms with Crippen molar-refractivity contribution in [3.8, 4) is 16.3 Å². The lowest BCUT2D eigenvalue weighted by atomic mass is 10.2. The van der Waals surface area contributed by atoms with Crippen molar-refractivity contribution in [2.75, 3.05) is 26.0 Å². The minimum Gasteiger partial charge on any atom is -0.508 e. The molecule has 1 aromatic carbocycles. The summed E-state index contributed by atoms with van der Waals surface area (Å²) >= 11 is 1.65. The number of aromatic nitrogens is 1. The van der Waals surface area contributed by atoms with Gasteiger partial charge in [0.25, 0.3) is 0 Å². The number of hydrogen-bond donors (Lipinski definition) is 1. The molecule has 2 heterocycles. The summed E-state index contributed by atoms with van der Waals surface area (Å²) in [6.45, 7) is 5.90. The number of hydrogen-bond acceptors (Lipinski definition) is 7. The molecule has 1 aromatic heterocycles. The minimum atomic E-state index is -3.07. The molecular formula is C17H23N2O4PS. The first kappa shape index (κ1) is 18.5. The van der Waals surface area contributed by atoms with Crippen LogP contribution in [0.5, 0.6) is 5.75 Å². The van der Waals surface area contributed by atoms with Gasteiger partial charge in [0.05, 0.1) is 18.9 Å². The number of phenolic OH excluding ortho intramolecular Hbond substituents is 1. The fraction of sp³-hybridized carbons (Fsp3) is 0.471. The highest BCUT2D eigenvalue weighted by atomic mass is 32.1. The summed E-state index contributed by atoms with van der Waals surface area (Å²) in [7, 11) is -3.07. The van der Waals surface area contributed by atoms with E-state index >= 15 is 0 Å². The first-order valence-electron chi connectivity index (χ1n) is 8.41. The molecule has 0 unspecified atom stereocenters. The van der Waals surface area contributed by atoms with Gasteiger partial charge in [0.1, 0.15) is 17.0 Å². The van der Waals surface area contributed by atoms with Crippen LogP contribution in [0.25, 0.3) is 10.6 Å². The quantitative estimate of drug-likeness (QED) is 0.727. The van der Waals surface area contributed by atoms with E-state index in [1.165, 1.54) is 4.88 Å². The van der Waals surface area contributed by atoms with E-state index in [4.69, 9.17) is 14.0 Å². The van der Waals surface area contributed by atoms with E-state index in [9.17, 15) is 9.67 Å². The Kier molecular flexibility index (Phi) is 5.92. The van der Waals surface area contributed by atoms with E-state index in [1.54, 1.807) is 23.5 Å². The Hall–Kier alpha value is -1.24. The predicted molar refractivity (Wildman–Crippen MR) is 99.1 cm³/mol. The van der Waals surface area contributed by atoms with Gasteiger partial charge < -0.3 is 14.2 Å². The van der Waals surface area contributed by atoms with Crippen molar-refractivity contribution in [1.29, 1.82) is 0 Å². The molecule has 0 radical (unpaired) electrons. The van der Waals surface area contributed by atoms with Gasteiger partial charge in [-0.25, -0.2) is 4.98 Å². The third-order valence-electron chi connectivity index (χ3n) is 3.95. The Labute approximate surface area is 152 Å². The maximum absolute atomic E-state index is 12.7. The number of benzene rings is 1. The zero-order chi connectivity index (χ0) is 17.9. The van der Waals surface area contributed by atoms with E-state index in [2.05, 4.69) is 4.90 Å². The number of nitrogens with zero attached hydrogens (tertiary/aromatic N) is 2. The summed E-state index contributed by atoms with van der Waals surface area (Å²) in [5.41, 5.74) is 2.10. The Balaban J connectivity index is 1.73. The van der Waals surface area contributed by atoms with Crippen LogP contribution >= 0.6 is 18.9 Å². The lowest BCUT2D eigenvalue weighted by Crippen LogP contribution is -2.31. The number of aromatic hydroxyl groups is 1. The molecule has 0 fully saturated rings. The zero-order valence-electron chi connectivity index (χ0n) is 14.5. The van der Waals surface area contributed by atoms with Crippen LogP contribution in [-0.2, 0) is 26.6 Å². The maximum atomic E-state index is 12.7. The van der Waals surface area contributed by atoms with Crippen molar-refractivity contribution in [1.82, 2.24) is 9.88 Å². The van der Waals surface area contributed by atoms with E-state index in [0.717, 1.165) is 29.2 Å². The molecule has 0 bridgehead atoms. The van der Waals surface area contributed by atoms with Crippen molar-refractivity contribution >= 4 is 18.9 Å². The molecule has 8 heteroatoms. The molecule has 1 aliphatic rings. The zero-order valence-corrected chi connectivity index (χ0v) is 16.2. The lowest BCUT2D eigenvalue weighted by Gasteiger charge is -2.29. The molecule has 0 atom stereocenters. The van der Waals surface area contributed by atoms with Gasteiger partial charge in [-0.2, -0.15) is 0 Å². The van der Waals surface area contributed by atoms with Crippen LogP contribution in [0.3, 0.4) is 0 Å². The molecule has 1 N–H and O–H groups in total. The highest BCUT2D eigenvalue weighted by Crippen LogP contribution is 2.49. The number of phenols is 1. The molecule has 0 saturated heterocycles. The monoisotopic (exact) mass is 382 g/mol. The van der Waals surface area contributed by atoms with Crippen LogP contribution in [0.4, 0.5) is 0 Å². The Morgan fingerprint density at radius 2 is 1.92 bits per heavy atom. The summed E-state index contributed by atoms with van der Waals surface area (Å²) in [4.78, 5) is 8.04. The van der Waals surface area contributed by atoms with Crippen molar-refractivity contribution in [2.45, 2.75) is 26.8 Å². The normalized spacial score (nSPS) is 15.3. The van der Waals surface area contributed by atoms with Crippen molar-refractivity contribution < 1.29 is 18.7 Å². The van der Waals surface area contributed by atoms with Gasteiger partial charge in [-0.05, 0) is 38.1 Å². The van der Waals surface area contributed by atoms with Gasteiger partial charge in [-0.3, -0.25) is 9.46 Å². The Bertz CT molecular complexity index is 753. The average Bonchev–Trinajstić information content (AvgIpc) is 2.99. The highest BCUT2D eigenvalue weighted by Gasteiger charge is 2.30. The number of rotatable bonds is 7. The Morgan fingerprint density at radius 1 is 1.24 bits per heavy atom. The summed E-state index contributed by atoms with van der Waals surface area (Å²) in [5.74, 6) is 0.249. The minimum absolute atomic E-state index is 0.249. The molecule has 3 rings (SSSR count). The maximum Gasteiger partial charge on any atom is 0.344 e. The molecule has 1 aliphatic heterocycles. The van der Waals surface area contributed by atoms with Gasteiger partial charge in [0.15, 0.2) is 0 Å². The fourth-order valence-electron chi connectivity index (χ4n) is 2.85. The van der Waals surface area contributed by atoms with Gasteiger partial charge in [0, 0.05) is 30.0 Å². The molecule has 6 nitrogen and oxygen atoms in total. The second-order valence-corrected chi connectivity index (χ2v) is 8.93. The molecule has 136 valence electrons. The number of fused-ring (bicyclic) bond motifs is 1. The third kappa shape index (κ3) is 4.49. The van der Waals surface area contributed by atoms with Crippen LogP contribution in [0.2, 0.25) is 0 Å². The van der Waals surface area contributed by atoms with Crippen molar-refractivity contribution in [3.63, 3.8) is 0 Å². The number of thiazole rings is 1. The lowest BCUT2D eigenvalue weighted by molar-refractivity contribution is 0.191. The van der Waals surface area contributed by atoms with Crippen LogP contribution in [0, 0.1) is 0 Å². The molecular weight excluding hydrogens is 359 g/mol. The smallest absolute Gasteiger partial charge is 0.344 e. The highest BCUT2D eigenvalue weighted by molar-refractivity contribution is 7.53. The fourth-order valence-corrected chi connectivity index (χ4v) is 5.77. The average molecular weight is 382 g/mol. The molecule has 0 spiro atoms. The van der Waals surface area contributed by atoms with Crippen LogP contribution < -0.4 is 0 Å². The molecule has 25 heavy (non-hydrogen) atoms. The van der Waals surface area contributed by atoms with Gasteiger partial charge in [-0.1, -0.05) is 0 Å². The van der Waals surface area contributed by atoms with E-state index < -0.39 is 7.60 Å². The largest absolute Gasteiger partial charge is 0.508 e. The van der Waals surface area contributed by atoms with E-state index in [0.29, 0.717) is 26.0 Å². The third-order valence-corrected chi connectivity index (χ3v) is 7.13. The van der Waals surface area contributed by atoms with Crippen molar-refractivity contribution in [3.05, 3.63) is 34.8 Å². The molecule has 0 saturated carbocycles. The van der Waals surface area contributed by atoms with Gasteiger partial charge in [0.2, 0.25) is 0 Å². The second-order valence-electron chi connectivity index (χ2n) is 5.83. The van der Waals surface area contributed by atoms with Crippen LogP contribution in [0.1, 0.15) is 24.4 Å². The van der Waals surface area contributed by atoms with Gasteiger partial charge >= 0.3 is 7.60 Å². The SMILES string of the molecule is CCOP(=O)(CN1CCc2nc(-c3ccc(O)cc3)sc2C1)OCC. The molecule has 0 aliphatic carbocycles. The van der Waals surface area contributed by atoms with E-state index in [1.807, 2.05) is 26.0 Å². The molecule has 0 amide bonds. The van der Waals surface area contributed by atoms with E-state index in [-0.39, 0.29) is 5.75 Å². The topological polar surface area (TPSA) is 71.9 Å². The summed E-state index contributed by atoms with van der Waals surface area (Å²) in [6, 6.07) is 7.08. The van der Waals surface area contributed by atoms with Crippen LogP contribution in [0.15, 0.2) is 24.3 Å². The first-order chi connectivity index (χ1) is 12.0. The molecule has 2 aromatic rings. The summed E-state index contributed by atoms with van der Waals surface area (Å²) in [5, 5.41) is 10.4. The van der Waals surface area contributed by atoms with Crippen molar-refractivity contribution in [2.24, 2.45) is 0 Å². The standard InChI is InChI=1S/C17H23N2O4PS/c1-3-22-24(21,23-4-2)12-19-10-9-15-16(11-19)25-17(18-15)13-5-7-14(20)8-6-13/h5-8,20H,3-4,9-12H2,1-2H3. The van der Waals surface area contributed by atoms with Gasteiger partial charge in [-0.15, -0.1) is 11.3 Å². The Morgan fingerprint density at radius 3 is 2.56 bits per heavy atom. The summed E-state index contributed by atoms with van der Waals surface area (Å²) < 4.78 is 23.5. The van der Waals surface area contributed by atoms with Crippen LogP contribution in [-0.4, -0.2) is 41.0 Å². The first-order valence-corrected chi connectivity index (χ1v) is 11.0. The summed E-state index contributed by atoms with van der Waals surface area (Å²) in [6.07, 6.45) is 1.13. The predicted octanol–water partition coefficient (Wildman–Crippen LogP) is 4.10.